The number of methoxy groups -OCH3 is 1. The Balaban J connectivity index is 2.31. The zero-order valence-corrected chi connectivity index (χ0v) is 11.5. The molecule has 0 radical (unpaired) electrons. The zero-order chi connectivity index (χ0) is 13.1. The van der Waals surface area contributed by atoms with Crippen LogP contribution in [0.5, 0.6) is 0 Å². The highest BCUT2D eigenvalue weighted by Gasteiger charge is 2.19. The van der Waals surface area contributed by atoms with Crippen molar-refractivity contribution in [1.82, 2.24) is 9.97 Å². The first-order valence-corrected chi connectivity index (χ1v) is 6.40. The van der Waals surface area contributed by atoms with Gasteiger partial charge in [0.25, 0.3) is 0 Å². The van der Waals surface area contributed by atoms with Crippen LogP contribution in [0.4, 0.5) is 0 Å². The second-order valence-electron chi connectivity index (χ2n) is 3.53. The lowest BCUT2D eigenvalue weighted by Crippen LogP contribution is -2.09. The summed E-state index contributed by atoms with van der Waals surface area (Å²) >= 11 is 7.24. The van der Waals surface area contributed by atoms with Crippen molar-refractivity contribution in [1.29, 1.82) is 0 Å². The number of ether oxygens (including phenoxy) is 2. The molecule has 0 aliphatic heterocycles. The van der Waals surface area contributed by atoms with Crippen LogP contribution in [0.1, 0.15) is 15.2 Å². The summed E-state index contributed by atoms with van der Waals surface area (Å²) in [6, 6.07) is 0. The lowest BCUT2D eigenvalue weighted by atomic mass is 10.2. The Kier molecular flexibility index (Phi) is 4.11. The Hall–Kier alpha value is -1.24. The molecule has 2 aromatic rings. The van der Waals surface area contributed by atoms with Gasteiger partial charge in [-0.3, -0.25) is 0 Å². The Morgan fingerprint density at radius 3 is 2.89 bits per heavy atom. The molecule has 2 rings (SSSR count). The lowest BCUT2D eigenvalue weighted by Gasteiger charge is -2.02. The maximum Gasteiger partial charge on any atom is 0.348 e. The van der Waals surface area contributed by atoms with Crippen molar-refractivity contribution < 1.29 is 14.3 Å². The molecule has 0 aliphatic rings. The summed E-state index contributed by atoms with van der Waals surface area (Å²) in [5.74, 6) is -0.386. The van der Waals surface area contributed by atoms with Gasteiger partial charge in [0.2, 0.25) is 0 Å². The molecule has 96 valence electrons. The van der Waals surface area contributed by atoms with Gasteiger partial charge in [0, 0.05) is 7.11 Å². The number of nitrogens with zero attached hydrogens (tertiary/aromatic N) is 2. The van der Waals surface area contributed by atoms with Gasteiger partial charge in [-0.2, -0.15) is 0 Å². The zero-order valence-electron chi connectivity index (χ0n) is 9.90. The molecule has 0 aromatic carbocycles. The number of esters is 1. The number of thiophene rings is 1. The molecule has 0 aliphatic carbocycles. The maximum atomic E-state index is 11.9. The van der Waals surface area contributed by atoms with E-state index in [0.717, 1.165) is 5.56 Å². The van der Waals surface area contributed by atoms with Crippen molar-refractivity contribution >= 4 is 39.1 Å². The molecule has 7 heteroatoms. The fourth-order valence-electron chi connectivity index (χ4n) is 1.51. The molecule has 0 saturated carbocycles. The summed E-state index contributed by atoms with van der Waals surface area (Å²) in [5.41, 5.74) is 0.753. The van der Waals surface area contributed by atoms with Crippen LogP contribution >= 0.6 is 22.9 Å². The molecular weight excluding hydrogens is 276 g/mol. The monoisotopic (exact) mass is 286 g/mol. The lowest BCUT2D eigenvalue weighted by molar-refractivity contribution is 0.0393. The Morgan fingerprint density at radius 2 is 2.22 bits per heavy atom. The van der Waals surface area contributed by atoms with E-state index in [4.69, 9.17) is 21.1 Å². The van der Waals surface area contributed by atoms with Gasteiger partial charge in [-0.15, -0.1) is 11.3 Å². The SMILES string of the molecule is COCCOC(=O)c1sc2ncnc(Cl)c2c1C. The molecule has 0 saturated heterocycles. The van der Waals surface area contributed by atoms with E-state index in [1.807, 2.05) is 0 Å². The van der Waals surface area contributed by atoms with Gasteiger partial charge in [0.05, 0.1) is 12.0 Å². The molecule has 5 nitrogen and oxygen atoms in total. The second-order valence-corrected chi connectivity index (χ2v) is 4.89. The van der Waals surface area contributed by atoms with Crippen LogP contribution in [0.2, 0.25) is 5.15 Å². The quantitative estimate of drug-likeness (QED) is 0.491. The smallest absolute Gasteiger partial charge is 0.348 e. The summed E-state index contributed by atoms with van der Waals surface area (Å²) in [5, 5.41) is 1.06. The predicted octanol–water partition coefficient (Wildman–Crippen LogP) is 2.46. The number of aryl methyl sites for hydroxylation is 1. The summed E-state index contributed by atoms with van der Waals surface area (Å²) in [6.45, 7) is 2.40. The van der Waals surface area contributed by atoms with E-state index in [1.54, 1.807) is 14.0 Å². The van der Waals surface area contributed by atoms with Crippen molar-refractivity contribution in [3.63, 3.8) is 0 Å². The Morgan fingerprint density at radius 1 is 1.44 bits per heavy atom. The number of hydrogen-bond acceptors (Lipinski definition) is 6. The summed E-state index contributed by atoms with van der Waals surface area (Å²) in [6.07, 6.45) is 1.38. The van der Waals surface area contributed by atoms with Crippen LogP contribution < -0.4 is 0 Å². The molecule has 0 unspecified atom stereocenters. The number of rotatable bonds is 4. The average molecular weight is 287 g/mol. The van der Waals surface area contributed by atoms with Crippen LogP contribution in [-0.4, -0.2) is 36.3 Å². The van der Waals surface area contributed by atoms with E-state index in [9.17, 15) is 4.79 Å². The van der Waals surface area contributed by atoms with Crippen LogP contribution in [0.25, 0.3) is 10.2 Å². The van der Waals surface area contributed by atoms with Crippen molar-refractivity contribution in [3.05, 3.63) is 21.9 Å². The van der Waals surface area contributed by atoms with Crippen LogP contribution in [0.3, 0.4) is 0 Å². The largest absolute Gasteiger partial charge is 0.459 e. The first kappa shape index (κ1) is 13.2. The summed E-state index contributed by atoms with van der Waals surface area (Å²) in [4.78, 5) is 21.1. The van der Waals surface area contributed by atoms with Crippen molar-refractivity contribution in [3.8, 4) is 0 Å². The molecule has 0 atom stereocenters. The molecule has 2 aromatic heterocycles. The molecule has 0 spiro atoms. The van der Waals surface area contributed by atoms with Gasteiger partial charge in [-0.1, -0.05) is 11.6 Å². The molecular formula is C11H11ClN2O3S. The number of aromatic nitrogens is 2. The van der Waals surface area contributed by atoms with E-state index in [1.165, 1.54) is 17.7 Å². The van der Waals surface area contributed by atoms with E-state index < -0.39 is 0 Å². The minimum absolute atomic E-state index is 0.225. The number of halogens is 1. The Labute approximate surface area is 113 Å². The van der Waals surface area contributed by atoms with Crippen LogP contribution in [0, 0.1) is 6.92 Å². The third kappa shape index (κ3) is 2.45. The summed E-state index contributed by atoms with van der Waals surface area (Å²) < 4.78 is 9.89. The van der Waals surface area contributed by atoms with E-state index in [2.05, 4.69) is 9.97 Å². The normalized spacial score (nSPS) is 10.8. The molecule has 0 bridgehead atoms. The van der Waals surface area contributed by atoms with E-state index in [-0.39, 0.29) is 12.6 Å². The highest BCUT2D eigenvalue weighted by Crippen LogP contribution is 2.33. The molecule has 0 fully saturated rings. The van der Waals surface area contributed by atoms with Gasteiger partial charge < -0.3 is 9.47 Å². The molecule has 0 amide bonds. The third-order valence-electron chi connectivity index (χ3n) is 2.39. The first-order chi connectivity index (χ1) is 8.65. The van der Waals surface area contributed by atoms with Crippen LogP contribution in [-0.2, 0) is 9.47 Å². The van der Waals surface area contributed by atoms with Gasteiger partial charge in [-0.25, -0.2) is 14.8 Å². The summed E-state index contributed by atoms with van der Waals surface area (Å²) in [7, 11) is 1.55. The standard InChI is InChI=1S/C11H11ClN2O3S/c1-6-7-9(12)13-5-14-10(7)18-8(6)11(15)17-4-3-16-2/h5H,3-4H2,1-2H3. The molecule has 2 heterocycles. The molecule has 18 heavy (non-hydrogen) atoms. The fourth-order valence-corrected chi connectivity index (χ4v) is 2.88. The number of hydrogen-bond donors (Lipinski definition) is 0. The predicted molar refractivity (Wildman–Crippen MR) is 69.3 cm³/mol. The number of carbonyl (C=O) groups excluding carboxylic acids is 1. The van der Waals surface area contributed by atoms with Gasteiger partial charge in [0.1, 0.15) is 27.8 Å². The average Bonchev–Trinajstić information content (AvgIpc) is 2.68. The highest BCUT2D eigenvalue weighted by molar-refractivity contribution is 7.20. The fraction of sp³-hybridized carbons (Fsp3) is 0.364. The Bertz CT molecular complexity index is 585. The number of fused-ring (bicyclic) bond motifs is 1. The van der Waals surface area contributed by atoms with Crippen LogP contribution in [0.15, 0.2) is 6.33 Å². The maximum absolute atomic E-state index is 11.9. The van der Waals surface area contributed by atoms with Gasteiger partial charge in [-0.05, 0) is 12.5 Å². The van der Waals surface area contributed by atoms with Gasteiger partial charge in [0.15, 0.2) is 0 Å². The minimum Gasteiger partial charge on any atom is -0.459 e. The van der Waals surface area contributed by atoms with E-state index >= 15 is 0 Å². The number of carbonyl (C=O) groups is 1. The first-order valence-electron chi connectivity index (χ1n) is 5.20. The highest BCUT2D eigenvalue weighted by atomic mass is 35.5. The van der Waals surface area contributed by atoms with Crippen molar-refractivity contribution in [2.75, 3.05) is 20.3 Å². The minimum atomic E-state index is -0.386. The topological polar surface area (TPSA) is 61.3 Å². The van der Waals surface area contributed by atoms with Crippen molar-refractivity contribution in [2.45, 2.75) is 6.92 Å². The van der Waals surface area contributed by atoms with E-state index in [0.29, 0.717) is 26.9 Å². The second kappa shape index (κ2) is 5.60. The third-order valence-corrected chi connectivity index (χ3v) is 3.85. The molecule has 0 N–H and O–H groups in total. The van der Waals surface area contributed by atoms with Crippen molar-refractivity contribution in [2.24, 2.45) is 0 Å². The van der Waals surface area contributed by atoms with Gasteiger partial charge >= 0.3 is 5.97 Å².